The molecule has 0 amide bonds. The molecule has 0 N–H and O–H groups in total. The number of hydrogen-bond donors (Lipinski definition) is 0. The first kappa shape index (κ1) is 15.0. The maximum absolute atomic E-state index is 10.8. The Morgan fingerprint density at radius 2 is 1.95 bits per heavy atom. The third-order valence-electron chi connectivity index (χ3n) is 3.94. The molecule has 1 spiro atoms. The van der Waals surface area contributed by atoms with Gasteiger partial charge < -0.3 is 14.6 Å². The average molecular weight is 269 g/mol. The first-order valence-electron chi connectivity index (χ1n) is 6.35. The Kier molecular flexibility index (Phi) is 4.69. The van der Waals surface area contributed by atoms with Gasteiger partial charge in [-0.05, 0) is 18.4 Å². The molecule has 0 radical (unpaired) electrons. The maximum Gasteiger partial charge on any atom is 1.00 e. The summed E-state index contributed by atoms with van der Waals surface area (Å²) in [4.78, 5) is 13.1. The van der Waals surface area contributed by atoms with Crippen molar-refractivity contribution in [2.45, 2.75) is 31.1 Å². The molecule has 5 heteroatoms. The summed E-state index contributed by atoms with van der Waals surface area (Å²) in [5.74, 6) is -1.06. The molecule has 2 aliphatic rings. The Hall–Kier alpha value is -0.390. The fraction of sp³-hybridized carbons (Fsp3) is 0.500. The van der Waals surface area contributed by atoms with Crippen molar-refractivity contribution in [3.05, 3.63) is 35.9 Å². The predicted octanol–water partition coefficient (Wildman–Crippen LogP) is -2.83. The summed E-state index contributed by atoms with van der Waals surface area (Å²) in [6.07, 6.45) is 0.910. The average Bonchev–Trinajstić information content (AvgIpc) is 3.09. The van der Waals surface area contributed by atoms with Gasteiger partial charge in [0.1, 0.15) is 11.7 Å². The van der Waals surface area contributed by atoms with Gasteiger partial charge in [-0.1, -0.05) is 30.3 Å². The van der Waals surface area contributed by atoms with Crippen LogP contribution < -0.4 is 34.7 Å². The van der Waals surface area contributed by atoms with Crippen LogP contribution >= 0.6 is 0 Å². The largest absolute Gasteiger partial charge is 1.00 e. The third-order valence-corrected chi connectivity index (χ3v) is 3.94. The van der Waals surface area contributed by atoms with Crippen LogP contribution in [0.5, 0.6) is 0 Å². The molecule has 2 fully saturated rings. The van der Waals surface area contributed by atoms with E-state index in [1.54, 1.807) is 0 Å². The van der Waals surface area contributed by atoms with E-state index in [0.717, 1.165) is 32.5 Å². The maximum atomic E-state index is 10.8. The number of hydrogen-bond acceptors (Lipinski definition) is 4. The van der Waals surface area contributed by atoms with Gasteiger partial charge in [0.15, 0.2) is 0 Å². The monoisotopic (exact) mass is 269 g/mol. The summed E-state index contributed by atoms with van der Waals surface area (Å²) >= 11 is 0. The predicted molar refractivity (Wildman–Crippen MR) is 63.6 cm³/mol. The zero-order chi connectivity index (χ0) is 12.6. The summed E-state index contributed by atoms with van der Waals surface area (Å²) in [7, 11) is 0. The van der Waals surface area contributed by atoms with Gasteiger partial charge in [-0.15, -0.1) is 0 Å². The molecule has 3 rings (SSSR count). The molecular formula is C14H16NNaO3. The van der Waals surface area contributed by atoms with E-state index in [-0.39, 0.29) is 29.6 Å². The van der Waals surface area contributed by atoms with E-state index in [9.17, 15) is 9.90 Å². The quantitative estimate of drug-likeness (QED) is 0.438. The van der Waals surface area contributed by atoms with Crippen LogP contribution in [-0.4, -0.2) is 35.7 Å². The van der Waals surface area contributed by atoms with Crippen LogP contribution in [0.4, 0.5) is 0 Å². The van der Waals surface area contributed by atoms with Crippen molar-refractivity contribution in [3.63, 3.8) is 0 Å². The topological polar surface area (TPSA) is 55.9 Å². The number of likely N-dealkylation sites (tertiary alicyclic amines) is 1. The fourth-order valence-corrected chi connectivity index (χ4v) is 2.77. The van der Waals surface area contributed by atoms with Gasteiger partial charge in [0, 0.05) is 19.6 Å². The number of nitrogens with zero attached hydrogens (tertiary/aromatic N) is 1. The van der Waals surface area contributed by atoms with Gasteiger partial charge in [-0.3, -0.25) is 4.90 Å². The van der Waals surface area contributed by atoms with E-state index in [1.807, 2.05) is 18.2 Å². The van der Waals surface area contributed by atoms with E-state index in [4.69, 9.17) is 4.74 Å². The van der Waals surface area contributed by atoms with Crippen molar-refractivity contribution >= 4 is 5.97 Å². The molecule has 1 aromatic rings. The first-order chi connectivity index (χ1) is 8.70. The van der Waals surface area contributed by atoms with E-state index < -0.39 is 17.7 Å². The van der Waals surface area contributed by atoms with E-state index in [2.05, 4.69) is 17.0 Å². The zero-order valence-electron chi connectivity index (χ0n) is 11.2. The molecular weight excluding hydrogens is 253 g/mol. The van der Waals surface area contributed by atoms with Crippen LogP contribution in [0.2, 0.25) is 0 Å². The summed E-state index contributed by atoms with van der Waals surface area (Å²) in [5.41, 5.74) is 0.882. The minimum atomic E-state index is -1.06. The van der Waals surface area contributed by atoms with Crippen molar-refractivity contribution in [1.82, 2.24) is 4.90 Å². The fourth-order valence-electron chi connectivity index (χ4n) is 2.77. The van der Waals surface area contributed by atoms with Gasteiger partial charge in [0.05, 0.1) is 5.97 Å². The molecule has 1 unspecified atom stereocenters. The summed E-state index contributed by atoms with van der Waals surface area (Å²) in [5, 5.41) is 10.8. The second kappa shape index (κ2) is 5.94. The zero-order valence-corrected chi connectivity index (χ0v) is 13.2. The van der Waals surface area contributed by atoms with Crippen LogP contribution in [-0.2, 0) is 16.1 Å². The standard InChI is InChI=1S/C14H17NO3.Na/c16-13(17)12-14(18-12)6-8-15(9-7-14)10-11-4-2-1-3-5-11;/h1-5,12H,6-10H2,(H,16,17);/q;+1/p-1. The number of benzene rings is 1. The normalized spacial score (nSPS) is 24.7. The van der Waals surface area contributed by atoms with E-state index >= 15 is 0 Å². The van der Waals surface area contributed by atoms with Gasteiger partial charge in [0.25, 0.3) is 0 Å². The number of carboxylic acid groups (broad SMARTS) is 1. The first-order valence-corrected chi connectivity index (χ1v) is 6.35. The van der Waals surface area contributed by atoms with Crippen LogP contribution in [0.25, 0.3) is 0 Å². The molecule has 96 valence electrons. The molecule has 19 heavy (non-hydrogen) atoms. The van der Waals surface area contributed by atoms with Gasteiger partial charge >= 0.3 is 29.6 Å². The molecule has 0 aliphatic carbocycles. The third kappa shape index (κ3) is 3.20. The molecule has 0 aromatic heterocycles. The smallest absolute Gasteiger partial charge is 0.547 e. The van der Waals surface area contributed by atoms with Crippen LogP contribution in [0.1, 0.15) is 18.4 Å². The Bertz CT molecular complexity index is 443. The van der Waals surface area contributed by atoms with Gasteiger partial charge in [-0.25, -0.2) is 0 Å². The van der Waals surface area contributed by atoms with Crippen LogP contribution in [0.3, 0.4) is 0 Å². The number of carbonyl (C=O) groups is 1. The Morgan fingerprint density at radius 1 is 1.32 bits per heavy atom. The van der Waals surface area contributed by atoms with Gasteiger partial charge in [0.2, 0.25) is 0 Å². The number of carboxylic acids is 1. The minimum Gasteiger partial charge on any atom is -0.547 e. The molecule has 2 heterocycles. The molecule has 2 aliphatic heterocycles. The summed E-state index contributed by atoms with van der Waals surface area (Å²) < 4.78 is 5.32. The number of ether oxygens (including phenoxy) is 1. The Morgan fingerprint density at radius 3 is 2.47 bits per heavy atom. The van der Waals surface area contributed by atoms with Crippen molar-refractivity contribution in [3.8, 4) is 0 Å². The van der Waals surface area contributed by atoms with Crippen LogP contribution in [0, 0.1) is 0 Å². The molecule has 4 nitrogen and oxygen atoms in total. The number of rotatable bonds is 3. The molecule has 0 bridgehead atoms. The van der Waals surface area contributed by atoms with E-state index in [0.29, 0.717) is 0 Å². The molecule has 2 saturated heterocycles. The minimum absolute atomic E-state index is 0. The molecule has 0 saturated carbocycles. The molecule has 1 aromatic carbocycles. The number of aliphatic carboxylic acids is 1. The summed E-state index contributed by atoms with van der Waals surface area (Å²) in [6, 6.07) is 10.3. The second-order valence-electron chi connectivity index (χ2n) is 5.14. The van der Waals surface area contributed by atoms with Crippen molar-refractivity contribution in [2.75, 3.05) is 13.1 Å². The Balaban J connectivity index is 0.00000133. The van der Waals surface area contributed by atoms with Crippen molar-refractivity contribution < 1.29 is 44.2 Å². The second-order valence-corrected chi connectivity index (χ2v) is 5.14. The number of piperidine rings is 1. The van der Waals surface area contributed by atoms with E-state index in [1.165, 1.54) is 5.56 Å². The SMILES string of the molecule is O=C([O-])C1OC12CCN(Cc1ccccc1)CC2.[Na+]. The number of epoxide rings is 1. The van der Waals surface area contributed by atoms with Crippen molar-refractivity contribution in [2.24, 2.45) is 0 Å². The molecule has 1 atom stereocenters. The van der Waals surface area contributed by atoms with Gasteiger partial charge in [-0.2, -0.15) is 0 Å². The Labute approximate surface area is 135 Å². The summed E-state index contributed by atoms with van der Waals surface area (Å²) in [6.45, 7) is 2.70. The van der Waals surface area contributed by atoms with Crippen LogP contribution in [0.15, 0.2) is 30.3 Å². The van der Waals surface area contributed by atoms with Crippen molar-refractivity contribution in [1.29, 1.82) is 0 Å². The number of carbonyl (C=O) groups excluding carboxylic acids is 1.